The summed E-state index contributed by atoms with van der Waals surface area (Å²) in [6, 6.07) is 14.4. The van der Waals surface area contributed by atoms with Crippen LogP contribution in [0.25, 0.3) is 0 Å². The molecule has 146 valence electrons. The molecule has 2 rings (SSSR count). The first-order valence-corrected chi connectivity index (χ1v) is 8.92. The standard InChI is InChI=1S/C20H22Cl2N2O2.ClH/c1-14-8-10-16(11-9-14)18(25)13-20(3,4)24(22)23(21)19(26)17-7-5-6-15(2)12-17;/h5-12H,13H2,1-4H3;1H. The highest BCUT2D eigenvalue weighted by Gasteiger charge is 2.35. The quantitative estimate of drug-likeness (QED) is 0.334. The highest BCUT2D eigenvalue weighted by atomic mass is 35.5. The first-order valence-electron chi connectivity index (χ1n) is 8.24. The zero-order chi connectivity index (χ0) is 19.5. The van der Waals surface area contributed by atoms with Crippen LogP contribution in [0.15, 0.2) is 48.5 Å². The second kappa shape index (κ2) is 9.56. The molecule has 2 aromatic carbocycles. The third-order valence-corrected chi connectivity index (χ3v) is 5.04. The molecule has 0 aromatic heterocycles. The Morgan fingerprint density at radius 2 is 1.52 bits per heavy atom. The molecule has 0 fully saturated rings. The second-order valence-electron chi connectivity index (χ2n) is 6.97. The first-order chi connectivity index (χ1) is 12.1. The smallest absolute Gasteiger partial charge is 0.284 e. The summed E-state index contributed by atoms with van der Waals surface area (Å²) in [7, 11) is 0. The van der Waals surface area contributed by atoms with Crippen molar-refractivity contribution in [3.05, 3.63) is 70.8 Å². The van der Waals surface area contributed by atoms with Crippen molar-refractivity contribution in [3.8, 4) is 0 Å². The molecule has 0 N–H and O–H groups in total. The predicted octanol–water partition coefficient (Wildman–Crippen LogP) is 5.74. The maximum Gasteiger partial charge on any atom is 0.284 e. The van der Waals surface area contributed by atoms with E-state index in [2.05, 4.69) is 0 Å². The lowest BCUT2D eigenvalue weighted by Crippen LogP contribution is -2.48. The van der Waals surface area contributed by atoms with Crippen LogP contribution in [-0.4, -0.2) is 26.3 Å². The minimum absolute atomic E-state index is 0. The zero-order valence-corrected chi connectivity index (χ0v) is 18.0. The molecule has 0 bridgehead atoms. The fourth-order valence-corrected chi connectivity index (χ4v) is 2.93. The van der Waals surface area contributed by atoms with Gasteiger partial charge in [-0.3, -0.25) is 9.59 Å². The number of carbonyl (C=O) groups is 2. The van der Waals surface area contributed by atoms with E-state index in [-0.39, 0.29) is 24.6 Å². The van der Waals surface area contributed by atoms with Crippen molar-refractivity contribution in [2.75, 3.05) is 0 Å². The van der Waals surface area contributed by atoms with Gasteiger partial charge in [-0.25, -0.2) is 0 Å². The van der Waals surface area contributed by atoms with Gasteiger partial charge in [0.15, 0.2) is 5.78 Å². The number of hydrogen-bond acceptors (Lipinski definition) is 3. The highest BCUT2D eigenvalue weighted by Crippen LogP contribution is 2.28. The lowest BCUT2D eigenvalue weighted by atomic mass is 9.94. The number of hydrogen-bond donors (Lipinski definition) is 0. The number of halogens is 3. The summed E-state index contributed by atoms with van der Waals surface area (Å²) in [5.74, 6) is -0.532. The van der Waals surface area contributed by atoms with Crippen LogP contribution in [0.1, 0.15) is 52.1 Å². The van der Waals surface area contributed by atoms with Crippen molar-refractivity contribution in [1.82, 2.24) is 9.06 Å². The van der Waals surface area contributed by atoms with Crippen LogP contribution < -0.4 is 0 Å². The molecule has 27 heavy (non-hydrogen) atoms. The van der Waals surface area contributed by atoms with Crippen LogP contribution in [-0.2, 0) is 0 Å². The van der Waals surface area contributed by atoms with Crippen LogP contribution in [0.3, 0.4) is 0 Å². The molecule has 0 aliphatic rings. The molecule has 0 saturated heterocycles. The van der Waals surface area contributed by atoms with Crippen molar-refractivity contribution in [3.63, 3.8) is 0 Å². The molecule has 0 aliphatic heterocycles. The monoisotopic (exact) mass is 428 g/mol. The van der Waals surface area contributed by atoms with E-state index in [1.807, 2.05) is 32.0 Å². The predicted molar refractivity (Wildman–Crippen MR) is 112 cm³/mol. The van der Waals surface area contributed by atoms with Gasteiger partial charge in [0.2, 0.25) is 0 Å². The van der Waals surface area contributed by atoms with Crippen molar-refractivity contribution in [2.45, 2.75) is 39.7 Å². The fraction of sp³-hybridized carbons (Fsp3) is 0.300. The van der Waals surface area contributed by atoms with Gasteiger partial charge in [-0.15, -0.1) is 16.9 Å². The van der Waals surface area contributed by atoms with E-state index in [0.717, 1.165) is 20.2 Å². The minimum Gasteiger partial charge on any atom is -0.294 e. The summed E-state index contributed by atoms with van der Waals surface area (Å²) in [6.07, 6.45) is 0.101. The number of hydrazine groups is 1. The van der Waals surface area contributed by atoms with E-state index in [0.29, 0.717) is 11.1 Å². The summed E-state index contributed by atoms with van der Waals surface area (Å²) in [6.45, 7) is 7.36. The van der Waals surface area contributed by atoms with Crippen LogP contribution in [0.4, 0.5) is 0 Å². The van der Waals surface area contributed by atoms with Gasteiger partial charge in [0.05, 0.1) is 5.54 Å². The molecule has 0 atom stereocenters. The van der Waals surface area contributed by atoms with Gasteiger partial charge < -0.3 is 0 Å². The molecule has 0 aliphatic carbocycles. The van der Waals surface area contributed by atoms with Gasteiger partial charge in [-0.1, -0.05) is 47.5 Å². The van der Waals surface area contributed by atoms with Crippen molar-refractivity contribution in [2.24, 2.45) is 0 Å². The molecule has 0 unspecified atom stereocenters. The number of amides is 1. The summed E-state index contributed by atoms with van der Waals surface area (Å²) in [5.41, 5.74) is 2.17. The summed E-state index contributed by atoms with van der Waals surface area (Å²) >= 11 is 12.5. The molecule has 0 radical (unpaired) electrons. The van der Waals surface area contributed by atoms with Crippen LogP contribution >= 0.6 is 36.0 Å². The largest absolute Gasteiger partial charge is 0.294 e. The van der Waals surface area contributed by atoms with Gasteiger partial charge in [-0.05, 0) is 39.8 Å². The van der Waals surface area contributed by atoms with Gasteiger partial charge in [0, 0.05) is 41.1 Å². The highest BCUT2D eigenvalue weighted by molar-refractivity contribution is 6.27. The van der Waals surface area contributed by atoms with Crippen LogP contribution in [0.5, 0.6) is 0 Å². The Hall–Kier alpha value is -1.59. The fourth-order valence-electron chi connectivity index (χ4n) is 2.50. The molecule has 0 spiro atoms. The molecule has 0 heterocycles. The van der Waals surface area contributed by atoms with E-state index in [1.54, 1.807) is 44.2 Å². The average Bonchev–Trinajstić information content (AvgIpc) is 2.60. The lowest BCUT2D eigenvalue weighted by Gasteiger charge is -2.35. The van der Waals surface area contributed by atoms with Gasteiger partial charge in [0.25, 0.3) is 5.91 Å². The molecule has 2 aromatic rings. The van der Waals surface area contributed by atoms with E-state index in [9.17, 15) is 9.59 Å². The van der Waals surface area contributed by atoms with Crippen LogP contribution in [0.2, 0.25) is 0 Å². The van der Waals surface area contributed by atoms with E-state index < -0.39 is 11.4 Å². The Labute approximate surface area is 176 Å². The van der Waals surface area contributed by atoms with Crippen molar-refractivity contribution in [1.29, 1.82) is 0 Å². The van der Waals surface area contributed by atoms with E-state index in [1.165, 1.54) is 0 Å². The Bertz CT molecular complexity index is 807. The SMILES string of the molecule is Cc1ccc(C(=O)CC(C)(C)N(Cl)N(Cl)C(=O)c2cccc(C)c2)cc1.Cl. The Morgan fingerprint density at radius 3 is 2.07 bits per heavy atom. The van der Waals surface area contributed by atoms with Gasteiger partial charge in [0.1, 0.15) is 0 Å². The summed E-state index contributed by atoms with van der Waals surface area (Å²) in [5, 5.41) is 0. The molecule has 4 nitrogen and oxygen atoms in total. The number of carbonyl (C=O) groups excluding carboxylic acids is 2. The molecule has 0 saturated carbocycles. The van der Waals surface area contributed by atoms with Gasteiger partial charge >= 0.3 is 0 Å². The number of aryl methyl sites for hydroxylation is 2. The van der Waals surface area contributed by atoms with Crippen molar-refractivity contribution < 1.29 is 9.59 Å². The molecule has 7 heteroatoms. The number of benzene rings is 2. The van der Waals surface area contributed by atoms with Crippen LogP contribution in [0, 0.1) is 13.8 Å². The molecular formula is C20H23Cl3N2O2. The third kappa shape index (κ3) is 5.94. The normalized spacial score (nSPS) is 11.1. The summed E-state index contributed by atoms with van der Waals surface area (Å²) in [4.78, 5) is 25.1. The Kier molecular flexibility index (Phi) is 8.30. The Morgan fingerprint density at radius 1 is 0.926 bits per heavy atom. The minimum atomic E-state index is -0.870. The van der Waals surface area contributed by atoms with Crippen molar-refractivity contribution >= 4 is 47.7 Å². The topological polar surface area (TPSA) is 40.6 Å². The first kappa shape index (κ1) is 23.4. The lowest BCUT2D eigenvalue weighted by molar-refractivity contribution is 0.0374. The average molecular weight is 430 g/mol. The number of nitrogens with zero attached hydrogens (tertiary/aromatic N) is 2. The number of rotatable bonds is 6. The summed E-state index contributed by atoms with van der Waals surface area (Å²) < 4.78 is 1.89. The second-order valence-corrected chi connectivity index (χ2v) is 7.61. The third-order valence-electron chi connectivity index (χ3n) is 4.05. The Balaban J connectivity index is 0.00000364. The van der Waals surface area contributed by atoms with E-state index >= 15 is 0 Å². The van der Waals surface area contributed by atoms with E-state index in [4.69, 9.17) is 23.6 Å². The maximum atomic E-state index is 12.6. The van der Waals surface area contributed by atoms with Gasteiger partial charge in [-0.2, -0.15) is 4.53 Å². The molecule has 1 amide bonds. The maximum absolute atomic E-state index is 12.6. The molecular weight excluding hydrogens is 407 g/mol. The number of ketones is 1. The number of Topliss-reactive ketones (excluding diaryl/α,β-unsaturated/α-hetero) is 1. The zero-order valence-electron chi connectivity index (χ0n) is 15.7.